The fourth-order valence-corrected chi connectivity index (χ4v) is 3.70. The number of hydrogen-bond acceptors (Lipinski definition) is 5. The van der Waals surface area contributed by atoms with Gasteiger partial charge in [0.2, 0.25) is 0 Å². The monoisotopic (exact) mass is 385 g/mol. The molecule has 0 spiro atoms. The fraction of sp³-hybridized carbons (Fsp3) is 0.316. The average molecular weight is 386 g/mol. The zero-order valence-corrected chi connectivity index (χ0v) is 15.9. The number of amides is 1. The van der Waals surface area contributed by atoms with Gasteiger partial charge in [-0.25, -0.2) is 0 Å². The summed E-state index contributed by atoms with van der Waals surface area (Å²) in [5.41, 5.74) is 3.66. The molecule has 0 saturated carbocycles. The molecule has 0 unspecified atom stereocenters. The quantitative estimate of drug-likeness (QED) is 0.785. The van der Waals surface area contributed by atoms with Crippen LogP contribution in [0.2, 0.25) is 5.02 Å². The van der Waals surface area contributed by atoms with Crippen LogP contribution in [-0.4, -0.2) is 56.2 Å². The second-order valence-corrected chi connectivity index (χ2v) is 7.39. The first-order chi connectivity index (χ1) is 13.0. The Labute approximate surface area is 163 Å². The molecule has 2 aliphatic heterocycles. The van der Waals surface area contributed by atoms with E-state index >= 15 is 0 Å². The van der Waals surface area contributed by atoms with Gasteiger partial charge in [0.1, 0.15) is 0 Å². The van der Waals surface area contributed by atoms with Crippen molar-refractivity contribution in [2.45, 2.75) is 6.61 Å². The van der Waals surface area contributed by atoms with Gasteiger partial charge in [0, 0.05) is 37.6 Å². The normalized spacial score (nSPS) is 17.1. The van der Waals surface area contributed by atoms with E-state index in [2.05, 4.69) is 22.2 Å². The van der Waals surface area contributed by atoms with Crippen molar-refractivity contribution in [1.82, 2.24) is 4.90 Å². The first kappa shape index (κ1) is 18.3. The summed E-state index contributed by atoms with van der Waals surface area (Å²) in [5, 5.41) is 13.1. The Balaban J connectivity index is 1.48. The predicted molar refractivity (Wildman–Crippen MR) is 108 cm³/mol. The van der Waals surface area contributed by atoms with E-state index in [4.69, 9.17) is 16.3 Å². The molecule has 0 aromatic heterocycles. The smallest absolute Gasteiger partial charge is 0.423 e. The lowest BCUT2D eigenvalue weighted by Crippen LogP contribution is -2.44. The van der Waals surface area contributed by atoms with E-state index in [9.17, 15) is 9.82 Å². The first-order valence-electron chi connectivity index (χ1n) is 8.98. The SMILES string of the molecule is CN1CCN(c2ccc(C(=O)Nc3ccc4c(c3)B(O)OC4)c(Cl)c2)CC1. The van der Waals surface area contributed by atoms with Crippen LogP contribution >= 0.6 is 11.6 Å². The fourth-order valence-electron chi connectivity index (χ4n) is 3.44. The van der Waals surface area contributed by atoms with Crippen LogP contribution in [0.3, 0.4) is 0 Å². The maximum Gasteiger partial charge on any atom is 0.491 e. The Morgan fingerprint density at radius 3 is 2.70 bits per heavy atom. The summed E-state index contributed by atoms with van der Waals surface area (Å²) in [6.45, 7) is 4.28. The second kappa shape index (κ2) is 7.52. The van der Waals surface area contributed by atoms with Crippen molar-refractivity contribution in [3.05, 3.63) is 52.5 Å². The molecule has 2 aromatic carbocycles. The number of piperazine rings is 1. The van der Waals surface area contributed by atoms with Crippen LogP contribution in [0, 0.1) is 0 Å². The van der Waals surface area contributed by atoms with Crippen molar-refractivity contribution in [2.75, 3.05) is 43.4 Å². The average Bonchev–Trinajstić information content (AvgIpc) is 3.03. The number of anilines is 2. The van der Waals surface area contributed by atoms with Crippen LogP contribution < -0.4 is 15.7 Å². The highest BCUT2D eigenvalue weighted by Gasteiger charge is 2.27. The van der Waals surface area contributed by atoms with Gasteiger partial charge in [0.15, 0.2) is 0 Å². The van der Waals surface area contributed by atoms with Gasteiger partial charge in [0.25, 0.3) is 5.91 Å². The van der Waals surface area contributed by atoms with E-state index in [1.54, 1.807) is 18.2 Å². The van der Waals surface area contributed by atoms with Crippen molar-refractivity contribution < 1.29 is 14.5 Å². The highest BCUT2D eigenvalue weighted by Crippen LogP contribution is 2.25. The molecule has 1 saturated heterocycles. The summed E-state index contributed by atoms with van der Waals surface area (Å²) in [6, 6.07) is 10.9. The molecule has 0 bridgehead atoms. The zero-order chi connectivity index (χ0) is 19.0. The molecule has 27 heavy (non-hydrogen) atoms. The van der Waals surface area contributed by atoms with Gasteiger partial charge in [0.05, 0.1) is 17.2 Å². The van der Waals surface area contributed by atoms with E-state index in [1.165, 1.54) is 0 Å². The third kappa shape index (κ3) is 3.82. The van der Waals surface area contributed by atoms with Gasteiger partial charge in [-0.05, 0) is 48.4 Å². The summed E-state index contributed by atoms with van der Waals surface area (Å²) in [6.07, 6.45) is 0. The van der Waals surface area contributed by atoms with Crippen molar-refractivity contribution in [3.8, 4) is 0 Å². The Bertz CT molecular complexity index is 871. The maximum atomic E-state index is 12.6. The summed E-state index contributed by atoms with van der Waals surface area (Å²) in [7, 11) is 1.17. The van der Waals surface area contributed by atoms with Gasteiger partial charge in [-0.15, -0.1) is 0 Å². The van der Waals surface area contributed by atoms with Crippen LogP contribution in [0.1, 0.15) is 15.9 Å². The standard InChI is InChI=1S/C19H21BClN3O3/c1-23-6-8-24(9-7-23)15-4-5-16(18(21)11-15)19(25)22-14-3-2-13-12-27-20(26)17(13)10-14/h2-5,10-11,26H,6-9,12H2,1H3,(H,22,25). The molecule has 140 valence electrons. The summed E-state index contributed by atoms with van der Waals surface area (Å²) in [5.74, 6) is -0.279. The molecule has 0 atom stereocenters. The number of carbonyl (C=O) groups excluding carboxylic acids is 1. The minimum Gasteiger partial charge on any atom is -0.423 e. The molecule has 6 nitrogen and oxygen atoms in total. The van der Waals surface area contributed by atoms with E-state index in [0.717, 1.165) is 37.4 Å². The van der Waals surface area contributed by atoms with Crippen LogP contribution in [-0.2, 0) is 11.3 Å². The number of rotatable bonds is 3. The zero-order valence-electron chi connectivity index (χ0n) is 15.1. The van der Waals surface area contributed by atoms with E-state index in [0.29, 0.717) is 28.3 Å². The molecule has 2 N–H and O–H groups in total. The van der Waals surface area contributed by atoms with Crippen LogP contribution in [0.4, 0.5) is 11.4 Å². The minimum absolute atomic E-state index is 0.279. The molecule has 1 amide bonds. The van der Waals surface area contributed by atoms with Gasteiger partial charge < -0.3 is 24.8 Å². The van der Waals surface area contributed by atoms with Crippen molar-refractivity contribution in [2.24, 2.45) is 0 Å². The number of fused-ring (bicyclic) bond motifs is 1. The Morgan fingerprint density at radius 2 is 1.96 bits per heavy atom. The van der Waals surface area contributed by atoms with Crippen LogP contribution in [0.15, 0.2) is 36.4 Å². The minimum atomic E-state index is -0.941. The number of benzene rings is 2. The van der Waals surface area contributed by atoms with E-state index in [1.807, 2.05) is 18.2 Å². The number of hydrogen-bond donors (Lipinski definition) is 2. The molecule has 4 rings (SSSR count). The number of likely N-dealkylation sites (N-methyl/N-ethyl adjacent to an activating group) is 1. The van der Waals surface area contributed by atoms with Gasteiger partial charge >= 0.3 is 7.12 Å². The number of carbonyl (C=O) groups is 1. The van der Waals surface area contributed by atoms with Crippen LogP contribution in [0.25, 0.3) is 0 Å². The van der Waals surface area contributed by atoms with Crippen LogP contribution in [0.5, 0.6) is 0 Å². The molecule has 1 fully saturated rings. The summed E-state index contributed by atoms with van der Waals surface area (Å²) >= 11 is 6.40. The van der Waals surface area contributed by atoms with E-state index in [-0.39, 0.29) is 5.91 Å². The first-order valence-corrected chi connectivity index (χ1v) is 9.36. The Kier molecular flexibility index (Phi) is 5.10. The molecular formula is C19H21BClN3O3. The second-order valence-electron chi connectivity index (χ2n) is 6.99. The summed E-state index contributed by atoms with van der Waals surface area (Å²) in [4.78, 5) is 17.2. The third-order valence-corrected chi connectivity index (χ3v) is 5.44. The topological polar surface area (TPSA) is 65.0 Å². The highest BCUT2D eigenvalue weighted by molar-refractivity contribution is 6.61. The predicted octanol–water partition coefficient (Wildman–Crippen LogP) is 1.56. The molecule has 8 heteroatoms. The molecule has 0 radical (unpaired) electrons. The van der Waals surface area contributed by atoms with Crippen molar-refractivity contribution >= 4 is 41.5 Å². The highest BCUT2D eigenvalue weighted by atomic mass is 35.5. The van der Waals surface area contributed by atoms with Gasteiger partial charge in [-0.1, -0.05) is 17.7 Å². The van der Waals surface area contributed by atoms with Crippen molar-refractivity contribution in [1.29, 1.82) is 0 Å². The van der Waals surface area contributed by atoms with Crippen molar-refractivity contribution in [3.63, 3.8) is 0 Å². The Morgan fingerprint density at radius 1 is 1.19 bits per heavy atom. The molecular weight excluding hydrogens is 364 g/mol. The maximum absolute atomic E-state index is 12.6. The number of nitrogens with one attached hydrogen (secondary N) is 1. The summed E-state index contributed by atoms with van der Waals surface area (Å²) < 4.78 is 5.18. The lowest BCUT2D eigenvalue weighted by atomic mass is 9.79. The van der Waals surface area contributed by atoms with Gasteiger partial charge in [-0.3, -0.25) is 4.79 Å². The lowest BCUT2D eigenvalue weighted by Gasteiger charge is -2.34. The molecule has 0 aliphatic carbocycles. The van der Waals surface area contributed by atoms with Gasteiger partial charge in [-0.2, -0.15) is 0 Å². The molecule has 2 aliphatic rings. The molecule has 2 aromatic rings. The largest absolute Gasteiger partial charge is 0.491 e. The number of nitrogens with zero attached hydrogens (tertiary/aromatic N) is 2. The lowest BCUT2D eigenvalue weighted by molar-refractivity contribution is 0.102. The molecule has 2 heterocycles. The third-order valence-electron chi connectivity index (χ3n) is 5.13. The van der Waals surface area contributed by atoms with E-state index < -0.39 is 7.12 Å². The number of halogens is 1. The Hall–Kier alpha value is -2.06.